The molecule has 0 amide bonds. The van der Waals surface area contributed by atoms with Gasteiger partial charge in [-0.15, -0.1) is 0 Å². The van der Waals surface area contributed by atoms with E-state index in [1.54, 1.807) is 12.1 Å². The monoisotopic (exact) mass is 401 g/mol. The highest BCUT2D eigenvalue weighted by molar-refractivity contribution is 5.51. The summed E-state index contributed by atoms with van der Waals surface area (Å²) < 4.78 is 0. The maximum Gasteiger partial charge on any atom is 0.311 e. The molecule has 29 heavy (non-hydrogen) atoms. The van der Waals surface area contributed by atoms with E-state index < -0.39 is 9.85 Å². The van der Waals surface area contributed by atoms with Crippen LogP contribution in [0.1, 0.15) is 43.2 Å². The van der Waals surface area contributed by atoms with Gasteiger partial charge in [0, 0.05) is 42.4 Å². The van der Waals surface area contributed by atoms with Crippen molar-refractivity contribution in [1.29, 1.82) is 0 Å². The van der Waals surface area contributed by atoms with Gasteiger partial charge >= 0.3 is 11.4 Å². The smallest absolute Gasteiger partial charge is 0.311 e. The lowest BCUT2D eigenvalue weighted by molar-refractivity contribution is -0.386. The molecule has 1 aliphatic rings. The molecule has 3 rings (SSSR count). The number of hydrogen-bond acceptors (Lipinski definition) is 7. The molecule has 9 nitrogen and oxygen atoms in total. The van der Waals surface area contributed by atoms with Gasteiger partial charge in [0.2, 0.25) is 0 Å². The molecular weight excluding hydrogens is 378 g/mol. The molecule has 2 N–H and O–H groups in total. The van der Waals surface area contributed by atoms with E-state index in [9.17, 15) is 30.4 Å². The summed E-state index contributed by atoms with van der Waals surface area (Å²) in [6.45, 7) is 0.473. The summed E-state index contributed by atoms with van der Waals surface area (Å²) in [5.74, 6) is -0.747. The van der Waals surface area contributed by atoms with Gasteiger partial charge in [-0.25, -0.2) is 0 Å². The van der Waals surface area contributed by atoms with E-state index in [1.807, 2.05) is 4.90 Å². The molecule has 2 aromatic carbocycles. The van der Waals surface area contributed by atoms with Gasteiger partial charge in [-0.3, -0.25) is 25.1 Å². The average molecular weight is 401 g/mol. The highest BCUT2D eigenvalue weighted by Crippen LogP contribution is 2.35. The molecule has 0 unspecified atom stereocenters. The van der Waals surface area contributed by atoms with Crippen LogP contribution in [0.2, 0.25) is 0 Å². The quantitative estimate of drug-likeness (QED) is 0.524. The van der Waals surface area contributed by atoms with E-state index in [2.05, 4.69) is 0 Å². The molecule has 154 valence electrons. The second-order valence-corrected chi connectivity index (χ2v) is 7.28. The number of phenolic OH excluding ortho intramolecular Hbond substituents is 2. The van der Waals surface area contributed by atoms with E-state index >= 15 is 0 Å². The largest absolute Gasteiger partial charge is 0.502 e. The van der Waals surface area contributed by atoms with Gasteiger partial charge in [-0.1, -0.05) is 43.5 Å². The zero-order valence-corrected chi connectivity index (χ0v) is 15.9. The van der Waals surface area contributed by atoms with Crippen LogP contribution in [0.5, 0.6) is 11.5 Å². The first-order valence-electron chi connectivity index (χ1n) is 9.53. The predicted octanol–water partition coefficient (Wildman–Crippen LogP) is 4.25. The summed E-state index contributed by atoms with van der Waals surface area (Å²) in [5.41, 5.74) is 0.109. The van der Waals surface area contributed by atoms with E-state index in [0.717, 1.165) is 32.1 Å². The molecule has 0 aromatic heterocycles. The third kappa shape index (κ3) is 4.62. The van der Waals surface area contributed by atoms with Gasteiger partial charge < -0.3 is 10.2 Å². The molecule has 0 spiro atoms. The lowest BCUT2D eigenvalue weighted by Crippen LogP contribution is -2.36. The lowest BCUT2D eigenvalue weighted by Gasteiger charge is -2.34. The van der Waals surface area contributed by atoms with Crippen LogP contribution in [0.4, 0.5) is 11.4 Å². The molecule has 0 heterocycles. The fourth-order valence-corrected chi connectivity index (χ4v) is 3.90. The van der Waals surface area contributed by atoms with Crippen LogP contribution in [0.15, 0.2) is 36.4 Å². The highest BCUT2D eigenvalue weighted by atomic mass is 16.6. The molecule has 0 bridgehead atoms. The Hall–Kier alpha value is -3.20. The Morgan fingerprint density at radius 1 is 0.828 bits per heavy atom. The van der Waals surface area contributed by atoms with Crippen molar-refractivity contribution in [3.8, 4) is 11.5 Å². The fourth-order valence-electron chi connectivity index (χ4n) is 3.90. The molecule has 2 aromatic rings. The zero-order valence-electron chi connectivity index (χ0n) is 15.9. The third-order valence-electron chi connectivity index (χ3n) is 5.43. The first-order valence-corrected chi connectivity index (χ1v) is 9.53. The van der Waals surface area contributed by atoms with Gasteiger partial charge in [0.1, 0.15) is 0 Å². The normalized spacial score (nSPS) is 14.8. The van der Waals surface area contributed by atoms with Crippen LogP contribution >= 0.6 is 0 Å². The molecule has 0 radical (unpaired) electrons. The molecular formula is C20H23N3O6. The highest BCUT2D eigenvalue weighted by Gasteiger charge is 2.26. The van der Waals surface area contributed by atoms with Crippen LogP contribution < -0.4 is 0 Å². The molecule has 0 saturated heterocycles. The van der Waals surface area contributed by atoms with Gasteiger partial charge in [-0.05, 0) is 12.8 Å². The van der Waals surface area contributed by atoms with Crippen molar-refractivity contribution < 1.29 is 20.1 Å². The van der Waals surface area contributed by atoms with Gasteiger partial charge in [0.25, 0.3) is 0 Å². The van der Waals surface area contributed by atoms with Crippen molar-refractivity contribution >= 4 is 11.4 Å². The second-order valence-electron chi connectivity index (χ2n) is 7.28. The molecule has 1 fully saturated rings. The first kappa shape index (κ1) is 20.5. The summed E-state index contributed by atoms with van der Waals surface area (Å²) >= 11 is 0. The van der Waals surface area contributed by atoms with E-state index in [4.69, 9.17) is 0 Å². The third-order valence-corrected chi connectivity index (χ3v) is 5.43. The number of rotatable bonds is 7. The summed E-state index contributed by atoms with van der Waals surface area (Å²) in [6.07, 6.45) is 5.07. The molecule has 9 heteroatoms. The number of hydrogen-bond donors (Lipinski definition) is 2. The summed E-state index contributed by atoms with van der Waals surface area (Å²) in [4.78, 5) is 23.0. The number of benzene rings is 2. The van der Waals surface area contributed by atoms with Crippen LogP contribution in [-0.4, -0.2) is 31.0 Å². The Bertz CT molecular complexity index is 846. The Labute approximate surface area is 167 Å². The van der Waals surface area contributed by atoms with Crippen molar-refractivity contribution in [2.75, 3.05) is 0 Å². The Morgan fingerprint density at radius 2 is 1.28 bits per heavy atom. The first-order chi connectivity index (χ1) is 13.9. The SMILES string of the molecule is O=[N+]([O-])c1cccc(CN(Cc2cccc([N+](=O)[O-])c2O)C2CCCCC2)c1O. The van der Waals surface area contributed by atoms with E-state index in [1.165, 1.54) is 24.3 Å². The number of aromatic hydroxyl groups is 2. The van der Waals surface area contributed by atoms with Gasteiger partial charge in [-0.2, -0.15) is 0 Å². The Morgan fingerprint density at radius 3 is 1.69 bits per heavy atom. The average Bonchev–Trinajstić information content (AvgIpc) is 2.70. The van der Waals surface area contributed by atoms with Crippen molar-refractivity contribution in [3.63, 3.8) is 0 Å². The van der Waals surface area contributed by atoms with Crippen LogP contribution in [0.25, 0.3) is 0 Å². The minimum atomic E-state index is -0.629. The minimum Gasteiger partial charge on any atom is -0.502 e. The van der Waals surface area contributed by atoms with Crippen LogP contribution in [0.3, 0.4) is 0 Å². The number of nitro groups is 2. The predicted molar refractivity (Wildman–Crippen MR) is 106 cm³/mol. The number of para-hydroxylation sites is 2. The topological polar surface area (TPSA) is 130 Å². The van der Waals surface area contributed by atoms with E-state index in [-0.39, 0.29) is 42.0 Å². The molecule has 0 atom stereocenters. The molecule has 0 aliphatic heterocycles. The Balaban J connectivity index is 1.92. The zero-order chi connectivity index (χ0) is 21.0. The fraction of sp³-hybridized carbons (Fsp3) is 0.400. The number of phenols is 2. The van der Waals surface area contributed by atoms with Crippen LogP contribution in [-0.2, 0) is 13.1 Å². The summed E-state index contributed by atoms with van der Waals surface area (Å²) in [7, 11) is 0. The lowest BCUT2D eigenvalue weighted by atomic mass is 9.93. The molecule has 1 saturated carbocycles. The van der Waals surface area contributed by atoms with Gasteiger partial charge in [0.05, 0.1) is 9.85 Å². The molecule has 1 aliphatic carbocycles. The standard InChI is InChI=1S/C20H23N3O6/c24-19-14(6-4-10-17(19)22(26)27)12-21(16-8-2-1-3-9-16)13-15-7-5-11-18(20(15)25)23(28)29/h4-7,10-11,16,24-25H,1-3,8-9,12-13H2. The number of nitro benzene ring substituents is 2. The maximum atomic E-state index is 11.1. The Kier molecular flexibility index (Phi) is 6.28. The van der Waals surface area contributed by atoms with Crippen molar-refractivity contribution in [1.82, 2.24) is 4.90 Å². The van der Waals surface area contributed by atoms with Crippen LogP contribution in [0, 0.1) is 20.2 Å². The second kappa shape index (κ2) is 8.87. The van der Waals surface area contributed by atoms with Crippen molar-refractivity contribution in [3.05, 3.63) is 67.8 Å². The van der Waals surface area contributed by atoms with Gasteiger partial charge in [0.15, 0.2) is 11.5 Å². The van der Waals surface area contributed by atoms with E-state index in [0.29, 0.717) is 11.1 Å². The minimum absolute atomic E-state index is 0.154. The van der Waals surface area contributed by atoms with Crippen molar-refractivity contribution in [2.45, 2.75) is 51.2 Å². The van der Waals surface area contributed by atoms with Crippen molar-refractivity contribution in [2.24, 2.45) is 0 Å². The maximum absolute atomic E-state index is 11.1. The summed E-state index contributed by atoms with van der Waals surface area (Å²) in [5, 5.41) is 42.9. The summed E-state index contributed by atoms with van der Waals surface area (Å²) in [6, 6.07) is 8.96. The number of nitrogens with zero attached hydrogens (tertiary/aromatic N) is 3.